The Morgan fingerprint density at radius 3 is 2.42 bits per heavy atom. The Labute approximate surface area is 157 Å². The Hall–Kier alpha value is -2.86. The van der Waals surface area contributed by atoms with Crippen molar-refractivity contribution in [3.05, 3.63) is 65.2 Å². The first kappa shape index (κ1) is 19.5. The molecule has 2 aromatic rings. The van der Waals surface area contributed by atoms with Crippen LogP contribution in [0.25, 0.3) is 0 Å². The predicted molar refractivity (Wildman–Crippen MR) is 101 cm³/mol. The molecular formula is C19H20ClN3O3. The largest absolute Gasteiger partial charge is 0.341 e. The van der Waals surface area contributed by atoms with Crippen molar-refractivity contribution in [2.24, 2.45) is 0 Å². The molecule has 0 fully saturated rings. The van der Waals surface area contributed by atoms with Gasteiger partial charge in [0.15, 0.2) is 0 Å². The maximum atomic E-state index is 12.4. The van der Waals surface area contributed by atoms with Crippen molar-refractivity contribution in [2.75, 3.05) is 18.9 Å². The number of hydrogen-bond donors (Lipinski definition) is 2. The molecule has 1 unspecified atom stereocenters. The molecule has 0 aromatic heterocycles. The highest BCUT2D eigenvalue weighted by Gasteiger charge is 2.21. The topological polar surface area (TPSA) is 78.5 Å². The van der Waals surface area contributed by atoms with Gasteiger partial charge in [-0.05, 0) is 37.3 Å². The molecule has 7 heteroatoms. The lowest BCUT2D eigenvalue weighted by Crippen LogP contribution is -2.47. The maximum Gasteiger partial charge on any atom is 0.251 e. The fraction of sp³-hybridized carbons (Fsp3) is 0.211. The van der Waals surface area contributed by atoms with Crippen LogP contribution in [-0.4, -0.2) is 42.3 Å². The fourth-order valence-electron chi connectivity index (χ4n) is 2.32. The van der Waals surface area contributed by atoms with Crippen LogP contribution in [0.3, 0.4) is 0 Å². The third kappa shape index (κ3) is 5.60. The smallest absolute Gasteiger partial charge is 0.251 e. The Morgan fingerprint density at radius 1 is 1.08 bits per heavy atom. The van der Waals surface area contributed by atoms with E-state index in [1.54, 1.807) is 61.5 Å². The third-order valence-electron chi connectivity index (χ3n) is 3.62. The van der Waals surface area contributed by atoms with Crippen molar-refractivity contribution < 1.29 is 14.4 Å². The number of carbonyl (C=O) groups excluding carboxylic acids is 3. The van der Waals surface area contributed by atoms with E-state index in [0.29, 0.717) is 16.3 Å². The molecule has 3 amide bonds. The molecule has 0 heterocycles. The van der Waals surface area contributed by atoms with E-state index in [1.807, 2.05) is 0 Å². The van der Waals surface area contributed by atoms with E-state index in [1.165, 1.54) is 11.9 Å². The van der Waals surface area contributed by atoms with E-state index in [2.05, 4.69) is 10.6 Å². The van der Waals surface area contributed by atoms with E-state index < -0.39 is 6.04 Å². The maximum absolute atomic E-state index is 12.4. The zero-order valence-corrected chi connectivity index (χ0v) is 15.3. The van der Waals surface area contributed by atoms with E-state index >= 15 is 0 Å². The molecule has 2 N–H and O–H groups in total. The highest BCUT2D eigenvalue weighted by Crippen LogP contribution is 2.14. The van der Waals surface area contributed by atoms with Crippen molar-refractivity contribution in [1.82, 2.24) is 10.2 Å². The van der Waals surface area contributed by atoms with Gasteiger partial charge in [-0.25, -0.2) is 0 Å². The normalized spacial score (nSPS) is 11.3. The van der Waals surface area contributed by atoms with Crippen molar-refractivity contribution in [1.29, 1.82) is 0 Å². The second kappa shape index (κ2) is 9.01. The van der Waals surface area contributed by atoms with Crippen molar-refractivity contribution in [3.63, 3.8) is 0 Å². The molecule has 0 radical (unpaired) electrons. The second-order valence-corrected chi connectivity index (χ2v) is 6.25. The highest BCUT2D eigenvalue weighted by molar-refractivity contribution is 6.30. The van der Waals surface area contributed by atoms with Gasteiger partial charge in [-0.1, -0.05) is 35.9 Å². The summed E-state index contributed by atoms with van der Waals surface area (Å²) >= 11 is 5.87. The fourth-order valence-corrected chi connectivity index (χ4v) is 2.51. The number of rotatable bonds is 6. The highest BCUT2D eigenvalue weighted by atomic mass is 35.5. The first-order chi connectivity index (χ1) is 12.4. The Bertz CT molecular complexity index is 796. The van der Waals surface area contributed by atoms with Crippen LogP contribution in [0.2, 0.25) is 5.02 Å². The van der Waals surface area contributed by atoms with Crippen LogP contribution in [0.15, 0.2) is 54.6 Å². The van der Waals surface area contributed by atoms with E-state index in [-0.39, 0.29) is 24.3 Å². The molecule has 0 spiro atoms. The number of likely N-dealkylation sites (N-methyl/N-ethyl adjacent to an activating group) is 1. The minimum atomic E-state index is -0.758. The summed E-state index contributed by atoms with van der Waals surface area (Å²) in [6.07, 6.45) is 0. The first-order valence-corrected chi connectivity index (χ1v) is 8.41. The van der Waals surface area contributed by atoms with Gasteiger partial charge >= 0.3 is 0 Å². The molecule has 0 saturated heterocycles. The van der Waals surface area contributed by atoms with E-state index in [9.17, 15) is 14.4 Å². The zero-order chi connectivity index (χ0) is 19.1. The Balaban J connectivity index is 1.87. The summed E-state index contributed by atoms with van der Waals surface area (Å²) in [5.74, 6) is -1.07. The van der Waals surface area contributed by atoms with E-state index in [0.717, 1.165) is 0 Å². The summed E-state index contributed by atoms with van der Waals surface area (Å²) in [4.78, 5) is 37.8. The van der Waals surface area contributed by atoms with Gasteiger partial charge in [0.05, 0.1) is 6.54 Å². The number of carbonyl (C=O) groups is 3. The lowest BCUT2D eigenvalue weighted by Gasteiger charge is -2.21. The monoisotopic (exact) mass is 373 g/mol. The summed E-state index contributed by atoms with van der Waals surface area (Å²) in [6, 6.07) is 14.6. The molecular weight excluding hydrogens is 354 g/mol. The summed E-state index contributed by atoms with van der Waals surface area (Å²) in [7, 11) is 1.51. The van der Waals surface area contributed by atoms with Crippen LogP contribution in [0.4, 0.5) is 5.69 Å². The number of amides is 3. The van der Waals surface area contributed by atoms with Crippen LogP contribution >= 0.6 is 11.6 Å². The number of nitrogens with zero attached hydrogens (tertiary/aromatic N) is 1. The zero-order valence-electron chi connectivity index (χ0n) is 14.5. The minimum absolute atomic E-state index is 0.142. The number of benzene rings is 2. The molecule has 136 valence electrons. The standard InChI is InChI=1S/C19H20ClN3O3/c1-13(21-18(25)14-7-4-3-5-8-14)19(26)23(2)12-17(24)22-16-10-6-9-15(20)11-16/h3-11,13H,12H2,1-2H3,(H,21,25)(H,22,24). The number of halogens is 1. The second-order valence-electron chi connectivity index (χ2n) is 5.81. The quantitative estimate of drug-likeness (QED) is 0.816. The van der Waals surface area contributed by atoms with Crippen molar-refractivity contribution in [2.45, 2.75) is 13.0 Å². The Morgan fingerprint density at radius 2 is 1.77 bits per heavy atom. The van der Waals surface area contributed by atoms with Gasteiger partial charge in [0, 0.05) is 23.3 Å². The third-order valence-corrected chi connectivity index (χ3v) is 3.85. The number of nitrogens with one attached hydrogen (secondary N) is 2. The molecule has 0 aliphatic rings. The number of anilines is 1. The average molecular weight is 374 g/mol. The van der Waals surface area contributed by atoms with Crippen LogP contribution in [0.5, 0.6) is 0 Å². The van der Waals surface area contributed by atoms with Gasteiger partial charge in [0.2, 0.25) is 11.8 Å². The lowest BCUT2D eigenvalue weighted by molar-refractivity contribution is -0.134. The van der Waals surface area contributed by atoms with Gasteiger partial charge in [0.1, 0.15) is 6.04 Å². The minimum Gasteiger partial charge on any atom is -0.341 e. The molecule has 0 aliphatic carbocycles. The summed E-state index contributed by atoms with van der Waals surface area (Å²) in [5, 5.41) is 5.80. The van der Waals surface area contributed by atoms with Crippen LogP contribution < -0.4 is 10.6 Å². The molecule has 6 nitrogen and oxygen atoms in total. The van der Waals surface area contributed by atoms with Crippen LogP contribution in [0, 0.1) is 0 Å². The Kier molecular flexibility index (Phi) is 6.74. The molecule has 2 rings (SSSR count). The lowest BCUT2D eigenvalue weighted by atomic mass is 10.2. The first-order valence-electron chi connectivity index (χ1n) is 8.03. The molecule has 26 heavy (non-hydrogen) atoms. The molecule has 0 bridgehead atoms. The van der Waals surface area contributed by atoms with Gasteiger partial charge in [-0.3, -0.25) is 14.4 Å². The summed E-state index contributed by atoms with van der Waals surface area (Å²) in [6.45, 7) is 1.44. The number of hydrogen-bond acceptors (Lipinski definition) is 3. The van der Waals surface area contributed by atoms with Crippen LogP contribution in [0.1, 0.15) is 17.3 Å². The molecule has 2 aromatic carbocycles. The molecule has 0 aliphatic heterocycles. The SMILES string of the molecule is CC(NC(=O)c1ccccc1)C(=O)N(C)CC(=O)Nc1cccc(Cl)c1. The van der Waals surface area contributed by atoms with Crippen molar-refractivity contribution in [3.8, 4) is 0 Å². The average Bonchev–Trinajstić information content (AvgIpc) is 2.61. The van der Waals surface area contributed by atoms with Gasteiger partial charge in [-0.15, -0.1) is 0 Å². The van der Waals surface area contributed by atoms with Crippen LogP contribution in [-0.2, 0) is 9.59 Å². The predicted octanol–water partition coefficient (Wildman–Crippen LogP) is 2.56. The van der Waals surface area contributed by atoms with Gasteiger partial charge < -0.3 is 15.5 Å². The van der Waals surface area contributed by atoms with Gasteiger partial charge in [0.25, 0.3) is 5.91 Å². The summed E-state index contributed by atoms with van der Waals surface area (Å²) < 4.78 is 0. The molecule has 1 atom stereocenters. The van der Waals surface area contributed by atoms with E-state index in [4.69, 9.17) is 11.6 Å². The molecule has 0 saturated carbocycles. The van der Waals surface area contributed by atoms with Gasteiger partial charge in [-0.2, -0.15) is 0 Å². The summed E-state index contributed by atoms with van der Waals surface area (Å²) in [5.41, 5.74) is 1.02. The van der Waals surface area contributed by atoms with Crippen molar-refractivity contribution >= 4 is 35.0 Å².